The molecule has 3 aromatic rings. The molecule has 0 bridgehead atoms. The highest BCUT2D eigenvalue weighted by molar-refractivity contribution is 7.13. The van der Waals surface area contributed by atoms with Crippen LogP contribution in [0.15, 0.2) is 53.9 Å². The molecular weight excluding hydrogens is 398 g/mol. The summed E-state index contributed by atoms with van der Waals surface area (Å²) in [6.07, 6.45) is 0. The third kappa shape index (κ3) is 5.55. The van der Waals surface area contributed by atoms with Gasteiger partial charge in [-0.2, -0.15) is 0 Å². The van der Waals surface area contributed by atoms with Crippen molar-refractivity contribution < 1.29 is 14.3 Å². The van der Waals surface area contributed by atoms with Crippen molar-refractivity contribution in [3.63, 3.8) is 0 Å². The first-order valence-corrected chi connectivity index (χ1v) is 9.73. The first-order valence-electron chi connectivity index (χ1n) is 8.48. The predicted molar refractivity (Wildman–Crippen MR) is 111 cm³/mol. The average Bonchev–Trinajstić information content (AvgIpc) is 3.17. The van der Waals surface area contributed by atoms with Gasteiger partial charge in [0, 0.05) is 22.6 Å². The van der Waals surface area contributed by atoms with Gasteiger partial charge in [0.05, 0.1) is 0 Å². The van der Waals surface area contributed by atoms with Crippen molar-refractivity contribution >= 4 is 45.6 Å². The molecule has 0 spiro atoms. The van der Waals surface area contributed by atoms with Gasteiger partial charge < -0.3 is 15.4 Å². The van der Waals surface area contributed by atoms with Crippen molar-refractivity contribution in [2.75, 3.05) is 17.2 Å². The zero-order chi connectivity index (χ0) is 19.9. The van der Waals surface area contributed by atoms with Crippen LogP contribution in [0.3, 0.4) is 0 Å². The Hall–Kier alpha value is -2.90. The van der Waals surface area contributed by atoms with Crippen LogP contribution in [0.2, 0.25) is 5.02 Å². The fourth-order valence-corrected chi connectivity index (χ4v) is 3.15. The molecule has 0 atom stereocenters. The first-order chi connectivity index (χ1) is 13.5. The number of aryl methyl sites for hydroxylation is 1. The number of rotatable bonds is 7. The molecule has 2 aromatic carbocycles. The number of esters is 1. The van der Waals surface area contributed by atoms with Gasteiger partial charge in [-0.05, 0) is 30.2 Å². The summed E-state index contributed by atoms with van der Waals surface area (Å²) in [5.41, 5.74) is 2.71. The van der Waals surface area contributed by atoms with Crippen molar-refractivity contribution in [1.29, 1.82) is 0 Å². The van der Waals surface area contributed by atoms with Crippen LogP contribution in [-0.2, 0) is 16.1 Å². The number of hydrogen-bond donors (Lipinski definition) is 2. The second-order valence-electron chi connectivity index (χ2n) is 5.97. The SMILES string of the molecule is Cc1ccc(NC(=O)COC(=O)c2csc(NCc3ccccc3)n2)cc1Cl. The third-order valence-corrected chi connectivity index (χ3v) is 5.00. The van der Waals surface area contributed by atoms with E-state index in [0.29, 0.717) is 22.4 Å². The van der Waals surface area contributed by atoms with E-state index < -0.39 is 18.5 Å². The molecule has 1 aromatic heterocycles. The summed E-state index contributed by atoms with van der Waals surface area (Å²) in [5.74, 6) is -1.10. The first kappa shape index (κ1) is 19.9. The summed E-state index contributed by atoms with van der Waals surface area (Å²) in [4.78, 5) is 28.2. The van der Waals surface area contributed by atoms with E-state index in [1.807, 2.05) is 37.3 Å². The molecule has 0 radical (unpaired) electrons. The molecule has 0 aliphatic rings. The Morgan fingerprint density at radius 1 is 1.18 bits per heavy atom. The van der Waals surface area contributed by atoms with Crippen LogP contribution >= 0.6 is 22.9 Å². The molecule has 3 rings (SSSR count). The van der Waals surface area contributed by atoms with Crippen LogP contribution in [-0.4, -0.2) is 23.5 Å². The maximum atomic E-state index is 12.1. The number of nitrogens with zero attached hydrogens (tertiary/aromatic N) is 1. The van der Waals surface area contributed by atoms with Crippen LogP contribution in [0, 0.1) is 6.92 Å². The van der Waals surface area contributed by atoms with Crippen LogP contribution in [0.4, 0.5) is 10.8 Å². The summed E-state index contributed by atoms with van der Waals surface area (Å²) in [7, 11) is 0. The lowest BCUT2D eigenvalue weighted by Gasteiger charge is -2.07. The van der Waals surface area contributed by atoms with Crippen molar-refractivity contribution in [1.82, 2.24) is 4.98 Å². The Bertz CT molecular complexity index is 976. The molecular formula is C20H18ClN3O3S. The fourth-order valence-electron chi connectivity index (χ4n) is 2.29. The number of carbonyl (C=O) groups excluding carboxylic acids is 2. The van der Waals surface area contributed by atoms with E-state index in [1.54, 1.807) is 23.6 Å². The van der Waals surface area contributed by atoms with Gasteiger partial charge in [-0.1, -0.05) is 48.0 Å². The molecule has 0 unspecified atom stereocenters. The molecule has 28 heavy (non-hydrogen) atoms. The van der Waals surface area contributed by atoms with E-state index in [0.717, 1.165) is 11.1 Å². The van der Waals surface area contributed by atoms with Gasteiger partial charge in [-0.15, -0.1) is 11.3 Å². The molecule has 0 saturated carbocycles. The maximum absolute atomic E-state index is 12.1. The number of ether oxygens (including phenoxy) is 1. The maximum Gasteiger partial charge on any atom is 0.358 e. The summed E-state index contributed by atoms with van der Waals surface area (Å²) < 4.78 is 5.02. The van der Waals surface area contributed by atoms with E-state index in [2.05, 4.69) is 15.6 Å². The normalized spacial score (nSPS) is 10.4. The number of benzene rings is 2. The molecule has 6 nitrogen and oxygen atoms in total. The average molecular weight is 416 g/mol. The lowest BCUT2D eigenvalue weighted by atomic mass is 10.2. The number of nitrogens with one attached hydrogen (secondary N) is 2. The minimum atomic E-state index is -0.652. The summed E-state index contributed by atoms with van der Waals surface area (Å²) in [6.45, 7) is 2.06. The fraction of sp³-hybridized carbons (Fsp3) is 0.150. The Kier molecular flexibility index (Phi) is 6.62. The van der Waals surface area contributed by atoms with Crippen LogP contribution in [0.1, 0.15) is 21.6 Å². The third-order valence-electron chi connectivity index (χ3n) is 3.79. The standard InChI is InChI=1S/C20H18ClN3O3S/c1-13-7-8-15(9-16(13)21)23-18(25)11-27-19(26)17-12-28-20(24-17)22-10-14-5-3-2-4-6-14/h2-9,12H,10-11H2,1H3,(H,22,24)(H,23,25). The highest BCUT2D eigenvalue weighted by Gasteiger charge is 2.14. The van der Waals surface area contributed by atoms with Crippen LogP contribution < -0.4 is 10.6 Å². The van der Waals surface area contributed by atoms with Gasteiger partial charge in [0.2, 0.25) is 0 Å². The Morgan fingerprint density at radius 3 is 2.71 bits per heavy atom. The van der Waals surface area contributed by atoms with Gasteiger partial charge >= 0.3 is 5.97 Å². The largest absolute Gasteiger partial charge is 0.451 e. The van der Waals surface area contributed by atoms with Gasteiger partial charge in [-0.3, -0.25) is 4.79 Å². The van der Waals surface area contributed by atoms with Crippen molar-refractivity contribution in [2.24, 2.45) is 0 Å². The zero-order valence-electron chi connectivity index (χ0n) is 15.1. The number of amides is 1. The molecule has 0 fully saturated rings. The Morgan fingerprint density at radius 2 is 1.96 bits per heavy atom. The molecule has 0 aliphatic carbocycles. The quantitative estimate of drug-likeness (QED) is 0.555. The summed E-state index contributed by atoms with van der Waals surface area (Å²) in [5, 5.41) is 8.53. The molecule has 0 saturated heterocycles. The van der Waals surface area contributed by atoms with Crippen molar-refractivity contribution in [3.8, 4) is 0 Å². The summed E-state index contributed by atoms with van der Waals surface area (Å²) in [6, 6.07) is 15.0. The Balaban J connectivity index is 1.47. The van der Waals surface area contributed by atoms with Gasteiger partial charge in [-0.25, -0.2) is 9.78 Å². The van der Waals surface area contributed by atoms with E-state index in [4.69, 9.17) is 16.3 Å². The lowest BCUT2D eigenvalue weighted by Crippen LogP contribution is -2.21. The van der Waals surface area contributed by atoms with Crippen LogP contribution in [0.25, 0.3) is 0 Å². The number of thiazole rings is 1. The highest BCUT2D eigenvalue weighted by atomic mass is 35.5. The van der Waals surface area contributed by atoms with Gasteiger partial charge in [0.25, 0.3) is 5.91 Å². The topological polar surface area (TPSA) is 80.3 Å². The molecule has 144 valence electrons. The molecule has 1 amide bonds. The minimum Gasteiger partial charge on any atom is -0.451 e. The smallest absolute Gasteiger partial charge is 0.358 e. The minimum absolute atomic E-state index is 0.159. The molecule has 2 N–H and O–H groups in total. The van der Waals surface area contributed by atoms with Crippen molar-refractivity contribution in [3.05, 3.63) is 75.8 Å². The number of aromatic nitrogens is 1. The Labute approximate surface area is 171 Å². The molecule has 0 aliphatic heterocycles. The van der Waals surface area contributed by atoms with E-state index in [9.17, 15) is 9.59 Å². The molecule has 8 heteroatoms. The monoisotopic (exact) mass is 415 g/mol. The second-order valence-corrected chi connectivity index (χ2v) is 7.23. The predicted octanol–water partition coefficient (Wildman–Crippen LogP) is 4.51. The lowest BCUT2D eigenvalue weighted by molar-refractivity contribution is -0.119. The summed E-state index contributed by atoms with van der Waals surface area (Å²) >= 11 is 7.32. The van der Waals surface area contributed by atoms with Gasteiger partial charge in [0.1, 0.15) is 0 Å². The van der Waals surface area contributed by atoms with Gasteiger partial charge in [0.15, 0.2) is 17.4 Å². The van der Waals surface area contributed by atoms with E-state index >= 15 is 0 Å². The van der Waals surface area contributed by atoms with E-state index in [1.165, 1.54) is 11.3 Å². The highest BCUT2D eigenvalue weighted by Crippen LogP contribution is 2.20. The molecule has 1 heterocycles. The number of carbonyl (C=O) groups is 2. The van der Waals surface area contributed by atoms with E-state index in [-0.39, 0.29) is 5.69 Å². The number of anilines is 2. The van der Waals surface area contributed by atoms with Crippen molar-refractivity contribution in [2.45, 2.75) is 13.5 Å². The zero-order valence-corrected chi connectivity index (χ0v) is 16.6. The number of hydrogen-bond acceptors (Lipinski definition) is 6. The second kappa shape index (κ2) is 9.34. The number of halogens is 1. The van der Waals surface area contributed by atoms with Crippen LogP contribution in [0.5, 0.6) is 0 Å².